The lowest BCUT2D eigenvalue weighted by molar-refractivity contribution is -0.128. The molecule has 1 saturated heterocycles. The summed E-state index contributed by atoms with van der Waals surface area (Å²) >= 11 is 0. The number of para-hydroxylation sites is 1. The number of carbonyl (C=O) groups excluding carboxylic acids is 2. The number of nitrogens with zero attached hydrogens (tertiary/aromatic N) is 1. The summed E-state index contributed by atoms with van der Waals surface area (Å²) in [5, 5.41) is 12.6. The number of piperidine rings is 1. The van der Waals surface area contributed by atoms with Crippen molar-refractivity contribution >= 4 is 11.8 Å². The summed E-state index contributed by atoms with van der Waals surface area (Å²) in [7, 11) is 0. The molecular weight excluding hydrogens is 380 g/mol. The second-order valence-electron chi connectivity index (χ2n) is 8.08. The SMILES string of the molecule is CC(Oc1ccccc1C(C)C)C(=O)NC1CCN(C(=O)c2cccc(O)c2)CC1. The van der Waals surface area contributed by atoms with Crippen LogP contribution in [0.1, 0.15) is 55.5 Å². The van der Waals surface area contributed by atoms with Crippen molar-refractivity contribution in [2.45, 2.75) is 51.7 Å². The number of phenolic OH excluding ortho intramolecular Hbond substituents is 1. The summed E-state index contributed by atoms with van der Waals surface area (Å²) in [6.07, 6.45) is 0.772. The lowest BCUT2D eigenvalue weighted by atomic mass is 10.0. The van der Waals surface area contributed by atoms with Crippen LogP contribution >= 0.6 is 0 Å². The van der Waals surface area contributed by atoms with Crippen molar-refractivity contribution in [1.82, 2.24) is 10.2 Å². The summed E-state index contributed by atoms with van der Waals surface area (Å²) < 4.78 is 5.94. The van der Waals surface area contributed by atoms with Gasteiger partial charge in [0, 0.05) is 24.7 Å². The standard InChI is InChI=1S/C24H30N2O4/c1-16(2)21-9-4-5-10-22(21)30-17(3)23(28)25-19-11-13-26(14-12-19)24(29)18-7-6-8-20(27)15-18/h4-10,15-17,19,27H,11-14H2,1-3H3,(H,25,28). The first-order valence-electron chi connectivity index (χ1n) is 10.5. The lowest BCUT2D eigenvalue weighted by Crippen LogP contribution is -2.49. The van der Waals surface area contributed by atoms with Crippen LogP contribution in [0.2, 0.25) is 0 Å². The smallest absolute Gasteiger partial charge is 0.260 e. The number of hydrogen-bond acceptors (Lipinski definition) is 4. The van der Waals surface area contributed by atoms with E-state index >= 15 is 0 Å². The van der Waals surface area contributed by atoms with E-state index in [1.54, 1.807) is 30.0 Å². The second kappa shape index (κ2) is 9.65. The van der Waals surface area contributed by atoms with Gasteiger partial charge in [0.25, 0.3) is 11.8 Å². The molecule has 0 spiro atoms. The van der Waals surface area contributed by atoms with Crippen molar-refractivity contribution < 1.29 is 19.4 Å². The summed E-state index contributed by atoms with van der Waals surface area (Å²) in [6.45, 7) is 7.07. The first-order chi connectivity index (χ1) is 14.3. The van der Waals surface area contributed by atoms with E-state index < -0.39 is 6.10 Å². The van der Waals surface area contributed by atoms with Crippen LogP contribution in [0.15, 0.2) is 48.5 Å². The molecule has 30 heavy (non-hydrogen) atoms. The largest absolute Gasteiger partial charge is 0.508 e. The van der Waals surface area contributed by atoms with E-state index in [2.05, 4.69) is 19.2 Å². The molecule has 2 aromatic rings. The van der Waals surface area contributed by atoms with Crippen LogP contribution in [0.3, 0.4) is 0 Å². The van der Waals surface area contributed by atoms with Gasteiger partial charge in [-0.2, -0.15) is 0 Å². The normalized spacial score (nSPS) is 15.7. The predicted molar refractivity (Wildman–Crippen MR) is 116 cm³/mol. The fourth-order valence-electron chi connectivity index (χ4n) is 3.68. The van der Waals surface area contributed by atoms with Gasteiger partial charge < -0.3 is 20.1 Å². The molecule has 6 heteroatoms. The summed E-state index contributed by atoms with van der Waals surface area (Å²) in [4.78, 5) is 27.0. The number of ether oxygens (including phenoxy) is 1. The zero-order chi connectivity index (χ0) is 21.7. The van der Waals surface area contributed by atoms with Crippen LogP contribution in [0.25, 0.3) is 0 Å². The molecule has 2 aromatic carbocycles. The number of nitrogens with one attached hydrogen (secondary N) is 1. The van der Waals surface area contributed by atoms with E-state index in [0.29, 0.717) is 37.4 Å². The molecular formula is C24H30N2O4. The molecule has 6 nitrogen and oxygen atoms in total. The van der Waals surface area contributed by atoms with Crippen LogP contribution in [0.4, 0.5) is 0 Å². The quantitative estimate of drug-likeness (QED) is 0.761. The molecule has 160 valence electrons. The molecule has 0 bridgehead atoms. The van der Waals surface area contributed by atoms with E-state index in [0.717, 1.165) is 11.3 Å². The Bertz CT molecular complexity index is 888. The lowest BCUT2D eigenvalue weighted by Gasteiger charge is -2.33. The minimum Gasteiger partial charge on any atom is -0.508 e. The zero-order valence-electron chi connectivity index (χ0n) is 17.8. The fraction of sp³-hybridized carbons (Fsp3) is 0.417. The van der Waals surface area contributed by atoms with Crippen molar-refractivity contribution in [3.05, 3.63) is 59.7 Å². The van der Waals surface area contributed by atoms with E-state index in [4.69, 9.17) is 4.74 Å². The molecule has 2 amide bonds. The molecule has 1 fully saturated rings. The maximum Gasteiger partial charge on any atom is 0.260 e. The van der Waals surface area contributed by atoms with E-state index in [9.17, 15) is 14.7 Å². The van der Waals surface area contributed by atoms with Gasteiger partial charge in [0.15, 0.2) is 6.10 Å². The number of aromatic hydroxyl groups is 1. The third-order valence-electron chi connectivity index (χ3n) is 5.44. The zero-order valence-corrected chi connectivity index (χ0v) is 17.8. The molecule has 1 aliphatic rings. The highest BCUT2D eigenvalue weighted by atomic mass is 16.5. The van der Waals surface area contributed by atoms with Crippen molar-refractivity contribution in [2.75, 3.05) is 13.1 Å². The highest BCUT2D eigenvalue weighted by molar-refractivity contribution is 5.94. The molecule has 1 atom stereocenters. The van der Waals surface area contributed by atoms with Gasteiger partial charge >= 0.3 is 0 Å². The molecule has 1 aliphatic heterocycles. The Kier molecular flexibility index (Phi) is 6.98. The number of hydrogen-bond donors (Lipinski definition) is 2. The number of amides is 2. The molecule has 2 N–H and O–H groups in total. The van der Waals surface area contributed by atoms with Gasteiger partial charge in [-0.3, -0.25) is 9.59 Å². The number of carbonyl (C=O) groups is 2. The Hall–Kier alpha value is -3.02. The van der Waals surface area contributed by atoms with Crippen LogP contribution in [0, 0.1) is 0 Å². The highest BCUT2D eigenvalue weighted by Gasteiger charge is 2.26. The first kappa shape index (κ1) is 21.7. The maximum atomic E-state index is 12.6. The molecule has 0 radical (unpaired) electrons. The molecule has 0 saturated carbocycles. The van der Waals surface area contributed by atoms with Crippen LogP contribution in [0.5, 0.6) is 11.5 Å². The van der Waals surface area contributed by atoms with Crippen molar-refractivity contribution in [3.8, 4) is 11.5 Å². The predicted octanol–water partition coefficient (Wildman–Crippen LogP) is 3.70. The third-order valence-corrected chi connectivity index (χ3v) is 5.44. The van der Waals surface area contributed by atoms with Gasteiger partial charge in [-0.15, -0.1) is 0 Å². The third kappa shape index (κ3) is 5.32. The van der Waals surface area contributed by atoms with Gasteiger partial charge in [-0.1, -0.05) is 38.1 Å². The Morgan fingerprint density at radius 2 is 1.77 bits per heavy atom. The maximum absolute atomic E-state index is 12.6. The average molecular weight is 411 g/mol. The fourth-order valence-corrected chi connectivity index (χ4v) is 3.68. The molecule has 0 aliphatic carbocycles. The van der Waals surface area contributed by atoms with Crippen LogP contribution in [-0.2, 0) is 4.79 Å². The van der Waals surface area contributed by atoms with Gasteiger partial charge in [0.2, 0.25) is 0 Å². The number of phenols is 1. The van der Waals surface area contributed by atoms with Crippen LogP contribution in [-0.4, -0.2) is 47.1 Å². The van der Waals surface area contributed by atoms with Gasteiger partial charge in [0.05, 0.1) is 0 Å². The highest BCUT2D eigenvalue weighted by Crippen LogP contribution is 2.27. The van der Waals surface area contributed by atoms with Gasteiger partial charge in [0.1, 0.15) is 11.5 Å². The Labute approximate surface area is 177 Å². The summed E-state index contributed by atoms with van der Waals surface area (Å²) in [5.41, 5.74) is 1.55. The number of likely N-dealkylation sites (tertiary alicyclic amines) is 1. The van der Waals surface area contributed by atoms with Crippen molar-refractivity contribution in [2.24, 2.45) is 0 Å². The van der Waals surface area contributed by atoms with Gasteiger partial charge in [-0.25, -0.2) is 0 Å². The summed E-state index contributed by atoms with van der Waals surface area (Å²) in [6, 6.07) is 14.2. The van der Waals surface area contributed by atoms with E-state index in [1.807, 2.05) is 24.3 Å². The molecule has 1 unspecified atom stereocenters. The molecule has 3 rings (SSSR count). The minimum absolute atomic E-state index is 0.0112. The van der Waals surface area contributed by atoms with Gasteiger partial charge in [-0.05, 0) is 55.5 Å². The minimum atomic E-state index is -0.600. The van der Waals surface area contributed by atoms with Crippen molar-refractivity contribution in [3.63, 3.8) is 0 Å². The molecule has 0 aromatic heterocycles. The van der Waals surface area contributed by atoms with E-state index in [-0.39, 0.29) is 23.6 Å². The second-order valence-corrected chi connectivity index (χ2v) is 8.08. The van der Waals surface area contributed by atoms with E-state index in [1.165, 1.54) is 6.07 Å². The number of rotatable bonds is 6. The Morgan fingerprint density at radius 3 is 2.43 bits per heavy atom. The first-order valence-corrected chi connectivity index (χ1v) is 10.5. The average Bonchev–Trinajstić information content (AvgIpc) is 2.74. The van der Waals surface area contributed by atoms with Crippen molar-refractivity contribution in [1.29, 1.82) is 0 Å². The topological polar surface area (TPSA) is 78.9 Å². The Morgan fingerprint density at radius 1 is 1.07 bits per heavy atom. The summed E-state index contributed by atoms with van der Waals surface area (Å²) in [5.74, 6) is 0.881. The molecule has 1 heterocycles. The Balaban J connectivity index is 1.51. The monoisotopic (exact) mass is 410 g/mol. The number of benzene rings is 2. The van der Waals surface area contributed by atoms with Crippen LogP contribution < -0.4 is 10.1 Å².